The number of aryl methyl sites for hydroxylation is 1. The number of fused-ring (bicyclic) bond motifs is 2. The number of thiophene rings is 1. The fourth-order valence-corrected chi connectivity index (χ4v) is 5.86. The first-order valence-electron chi connectivity index (χ1n) is 10.8. The predicted octanol–water partition coefficient (Wildman–Crippen LogP) is 2.83. The molecule has 0 radical (unpaired) electrons. The lowest BCUT2D eigenvalue weighted by atomic mass is 9.97. The van der Waals surface area contributed by atoms with Crippen molar-refractivity contribution < 1.29 is 4.79 Å². The smallest absolute Gasteiger partial charge is 0.237 e. The molecule has 6 nitrogen and oxygen atoms in total. The molecule has 1 fully saturated rings. The van der Waals surface area contributed by atoms with E-state index in [0.717, 1.165) is 64.2 Å². The summed E-state index contributed by atoms with van der Waals surface area (Å²) in [7, 11) is 0. The van der Waals surface area contributed by atoms with E-state index in [1.165, 1.54) is 35.5 Å². The average Bonchev–Trinajstić information content (AvgIpc) is 3.28. The molecule has 5 heterocycles. The van der Waals surface area contributed by atoms with Crippen LogP contribution in [-0.2, 0) is 30.7 Å². The van der Waals surface area contributed by atoms with Gasteiger partial charge in [-0.15, -0.1) is 21.5 Å². The van der Waals surface area contributed by atoms with Crippen molar-refractivity contribution in [1.82, 2.24) is 24.6 Å². The van der Waals surface area contributed by atoms with E-state index in [4.69, 9.17) is 0 Å². The van der Waals surface area contributed by atoms with Crippen LogP contribution < -0.4 is 0 Å². The van der Waals surface area contributed by atoms with Gasteiger partial charge < -0.3 is 9.47 Å². The molecule has 2 aromatic rings. The van der Waals surface area contributed by atoms with Crippen molar-refractivity contribution in [3.05, 3.63) is 33.5 Å². The SMILES string of the molecule is O=C(CN1CCCC(c2nnc3n2CCCCC3)C1)N1CCc2sccc2C1. The van der Waals surface area contributed by atoms with Crippen molar-refractivity contribution in [3.8, 4) is 0 Å². The van der Waals surface area contributed by atoms with Crippen LogP contribution in [0.2, 0.25) is 0 Å². The third kappa shape index (κ3) is 3.62. The number of hydrogen-bond acceptors (Lipinski definition) is 5. The van der Waals surface area contributed by atoms with Crippen molar-refractivity contribution in [3.63, 3.8) is 0 Å². The zero-order chi connectivity index (χ0) is 18.9. The molecule has 150 valence electrons. The highest BCUT2D eigenvalue weighted by Crippen LogP contribution is 2.28. The van der Waals surface area contributed by atoms with Crippen LogP contribution in [0.4, 0.5) is 0 Å². The first kappa shape index (κ1) is 18.3. The number of aromatic nitrogens is 3. The summed E-state index contributed by atoms with van der Waals surface area (Å²) >= 11 is 1.82. The number of piperidine rings is 1. The Labute approximate surface area is 170 Å². The van der Waals surface area contributed by atoms with Crippen LogP contribution in [0, 0.1) is 0 Å². The van der Waals surface area contributed by atoms with Gasteiger partial charge in [-0.1, -0.05) is 6.42 Å². The molecule has 0 N–H and O–H groups in total. The lowest BCUT2D eigenvalue weighted by Crippen LogP contribution is -2.45. The van der Waals surface area contributed by atoms with Gasteiger partial charge in [0.1, 0.15) is 11.6 Å². The summed E-state index contributed by atoms with van der Waals surface area (Å²) < 4.78 is 2.38. The quantitative estimate of drug-likeness (QED) is 0.796. The molecular formula is C21H29N5OS. The fraction of sp³-hybridized carbons (Fsp3) is 0.667. The third-order valence-electron chi connectivity index (χ3n) is 6.53. The summed E-state index contributed by atoms with van der Waals surface area (Å²) in [5.74, 6) is 3.01. The van der Waals surface area contributed by atoms with E-state index in [9.17, 15) is 4.79 Å². The number of carbonyl (C=O) groups excluding carboxylic acids is 1. The lowest BCUT2D eigenvalue weighted by Gasteiger charge is -2.34. The van der Waals surface area contributed by atoms with Crippen LogP contribution >= 0.6 is 11.3 Å². The van der Waals surface area contributed by atoms with Gasteiger partial charge in [-0.25, -0.2) is 0 Å². The first-order valence-corrected chi connectivity index (χ1v) is 11.6. The molecule has 1 saturated heterocycles. The van der Waals surface area contributed by atoms with Crippen LogP contribution in [0.3, 0.4) is 0 Å². The summed E-state index contributed by atoms with van der Waals surface area (Å²) in [6.07, 6.45) is 8.10. The molecule has 0 saturated carbocycles. The van der Waals surface area contributed by atoms with Crippen molar-refractivity contribution in [1.29, 1.82) is 0 Å². The fourth-order valence-electron chi connectivity index (χ4n) is 4.97. The molecule has 3 aliphatic heterocycles. The van der Waals surface area contributed by atoms with Gasteiger partial charge in [-0.3, -0.25) is 9.69 Å². The van der Waals surface area contributed by atoms with Crippen LogP contribution in [0.1, 0.15) is 60.1 Å². The van der Waals surface area contributed by atoms with E-state index in [0.29, 0.717) is 12.5 Å². The highest BCUT2D eigenvalue weighted by atomic mass is 32.1. The second-order valence-corrected chi connectivity index (χ2v) is 9.45. The van der Waals surface area contributed by atoms with E-state index in [-0.39, 0.29) is 5.91 Å². The van der Waals surface area contributed by atoms with Gasteiger partial charge in [-0.2, -0.15) is 0 Å². The first-order chi connectivity index (χ1) is 13.8. The molecule has 0 bridgehead atoms. The topological polar surface area (TPSA) is 54.3 Å². The largest absolute Gasteiger partial charge is 0.337 e. The Morgan fingerprint density at radius 2 is 2.07 bits per heavy atom. The molecule has 0 aliphatic carbocycles. The minimum Gasteiger partial charge on any atom is -0.337 e. The van der Waals surface area contributed by atoms with E-state index in [1.54, 1.807) is 0 Å². The maximum atomic E-state index is 12.9. The second kappa shape index (κ2) is 7.95. The van der Waals surface area contributed by atoms with Crippen LogP contribution in [-0.4, -0.2) is 56.7 Å². The van der Waals surface area contributed by atoms with Crippen molar-refractivity contribution in [2.45, 2.75) is 64.0 Å². The van der Waals surface area contributed by atoms with E-state index in [1.807, 2.05) is 16.2 Å². The van der Waals surface area contributed by atoms with Crippen molar-refractivity contribution in [2.24, 2.45) is 0 Å². The Hall–Kier alpha value is -1.73. The average molecular weight is 400 g/mol. The van der Waals surface area contributed by atoms with Crippen LogP contribution in [0.5, 0.6) is 0 Å². The highest BCUT2D eigenvalue weighted by Gasteiger charge is 2.30. The van der Waals surface area contributed by atoms with Gasteiger partial charge in [-0.05, 0) is 55.7 Å². The Balaban J connectivity index is 1.23. The molecule has 1 unspecified atom stereocenters. The number of nitrogens with zero attached hydrogens (tertiary/aromatic N) is 5. The summed E-state index contributed by atoms with van der Waals surface area (Å²) in [5.41, 5.74) is 1.34. The maximum absolute atomic E-state index is 12.9. The Morgan fingerprint density at radius 1 is 1.11 bits per heavy atom. The lowest BCUT2D eigenvalue weighted by molar-refractivity contribution is -0.133. The summed E-state index contributed by atoms with van der Waals surface area (Å²) in [6, 6.07) is 2.17. The number of carbonyl (C=O) groups is 1. The monoisotopic (exact) mass is 399 g/mol. The van der Waals surface area contributed by atoms with E-state index in [2.05, 4.69) is 31.1 Å². The normalized spacial score (nSPS) is 23.1. The predicted molar refractivity (Wildman–Crippen MR) is 109 cm³/mol. The number of amides is 1. The van der Waals surface area contributed by atoms with E-state index < -0.39 is 0 Å². The molecule has 1 amide bonds. The van der Waals surface area contributed by atoms with Gasteiger partial charge in [0.25, 0.3) is 0 Å². The van der Waals surface area contributed by atoms with Crippen molar-refractivity contribution in [2.75, 3.05) is 26.2 Å². The van der Waals surface area contributed by atoms with Gasteiger partial charge in [0, 0.05) is 43.4 Å². The summed E-state index contributed by atoms with van der Waals surface area (Å²) in [4.78, 5) is 18.8. The minimum atomic E-state index is 0.276. The Kier molecular flexibility index (Phi) is 5.20. The standard InChI is InChI=1S/C21H29N5OS/c27-20(25-11-7-18-16(14-25)8-12-28-18)15-24-9-4-5-17(13-24)21-23-22-19-6-2-1-3-10-26(19)21/h8,12,17H,1-7,9-11,13-15H2. The molecule has 0 spiro atoms. The zero-order valence-corrected chi connectivity index (χ0v) is 17.3. The van der Waals surface area contributed by atoms with Gasteiger partial charge in [0.05, 0.1) is 6.54 Å². The van der Waals surface area contributed by atoms with Crippen LogP contribution in [0.15, 0.2) is 11.4 Å². The molecule has 2 aromatic heterocycles. The van der Waals surface area contributed by atoms with E-state index >= 15 is 0 Å². The summed E-state index contributed by atoms with van der Waals surface area (Å²) in [6.45, 7) is 5.19. The Bertz CT molecular complexity index is 844. The van der Waals surface area contributed by atoms with Gasteiger partial charge in [0.2, 0.25) is 5.91 Å². The Morgan fingerprint density at radius 3 is 3.04 bits per heavy atom. The minimum absolute atomic E-state index is 0.276. The summed E-state index contributed by atoms with van der Waals surface area (Å²) in [5, 5.41) is 11.2. The molecule has 7 heteroatoms. The molecule has 3 aliphatic rings. The molecule has 1 atom stereocenters. The van der Waals surface area contributed by atoms with Gasteiger partial charge >= 0.3 is 0 Å². The molecule has 5 rings (SSSR count). The second-order valence-electron chi connectivity index (χ2n) is 8.45. The maximum Gasteiger partial charge on any atom is 0.237 e. The number of rotatable bonds is 3. The van der Waals surface area contributed by atoms with Crippen molar-refractivity contribution >= 4 is 17.2 Å². The third-order valence-corrected chi connectivity index (χ3v) is 7.55. The highest BCUT2D eigenvalue weighted by molar-refractivity contribution is 7.10. The molecular weight excluding hydrogens is 370 g/mol. The van der Waals surface area contributed by atoms with Gasteiger partial charge in [0.15, 0.2) is 0 Å². The molecule has 28 heavy (non-hydrogen) atoms. The molecule has 0 aromatic carbocycles. The number of likely N-dealkylation sites (tertiary alicyclic amines) is 1. The number of hydrogen-bond donors (Lipinski definition) is 0. The van der Waals surface area contributed by atoms with Crippen LogP contribution in [0.25, 0.3) is 0 Å². The zero-order valence-electron chi connectivity index (χ0n) is 16.5.